The molecule has 0 bridgehead atoms. The van der Waals surface area contributed by atoms with Crippen LogP contribution in [-0.4, -0.2) is 17.6 Å². The number of hydrogen-bond donors (Lipinski definition) is 2. The highest BCUT2D eigenvalue weighted by Gasteiger charge is 2.17. The van der Waals surface area contributed by atoms with Crippen molar-refractivity contribution in [2.45, 2.75) is 12.7 Å². The van der Waals surface area contributed by atoms with E-state index in [9.17, 15) is 9.90 Å². The first-order valence-electron chi connectivity index (χ1n) is 7.46. The van der Waals surface area contributed by atoms with Gasteiger partial charge in [-0.2, -0.15) is 11.3 Å². The normalized spacial score (nSPS) is 11.9. The zero-order valence-electron chi connectivity index (χ0n) is 12.8. The molecule has 0 saturated heterocycles. The molecule has 1 unspecified atom stereocenters. The van der Waals surface area contributed by atoms with Crippen LogP contribution in [-0.2, 0) is 6.61 Å². The molecule has 1 amide bonds. The van der Waals surface area contributed by atoms with Gasteiger partial charge in [-0.1, -0.05) is 18.2 Å². The van der Waals surface area contributed by atoms with Crippen molar-refractivity contribution in [3.63, 3.8) is 0 Å². The second kappa shape index (κ2) is 7.81. The number of carbonyl (C=O) groups is 1. The maximum atomic E-state index is 12.2. The number of ether oxygens (including phenoxy) is 1. The average Bonchev–Trinajstić information content (AvgIpc) is 3.30. The van der Waals surface area contributed by atoms with Gasteiger partial charge < -0.3 is 19.6 Å². The molecule has 0 spiro atoms. The minimum absolute atomic E-state index is 0.120. The lowest BCUT2D eigenvalue weighted by atomic mass is 10.2. The highest BCUT2D eigenvalue weighted by molar-refractivity contribution is 7.07. The lowest BCUT2D eigenvalue weighted by molar-refractivity contribution is 0.0886. The highest BCUT2D eigenvalue weighted by atomic mass is 32.1. The second-order valence-electron chi connectivity index (χ2n) is 5.16. The van der Waals surface area contributed by atoms with E-state index in [1.807, 2.05) is 47.2 Å². The molecule has 124 valence electrons. The summed E-state index contributed by atoms with van der Waals surface area (Å²) < 4.78 is 10.9. The van der Waals surface area contributed by atoms with Crippen molar-refractivity contribution in [1.29, 1.82) is 0 Å². The van der Waals surface area contributed by atoms with E-state index in [2.05, 4.69) is 5.32 Å². The zero-order chi connectivity index (χ0) is 16.8. The van der Waals surface area contributed by atoms with E-state index in [4.69, 9.17) is 9.15 Å². The quantitative estimate of drug-likeness (QED) is 0.690. The third-order valence-corrected chi connectivity index (χ3v) is 4.18. The van der Waals surface area contributed by atoms with E-state index in [0.717, 1.165) is 11.3 Å². The third kappa shape index (κ3) is 4.04. The summed E-state index contributed by atoms with van der Waals surface area (Å²) in [6, 6.07) is 12.9. The summed E-state index contributed by atoms with van der Waals surface area (Å²) in [6.07, 6.45) is 0.715. The van der Waals surface area contributed by atoms with Gasteiger partial charge >= 0.3 is 0 Å². The number of hydrogen-bond acceptors (Lipinski definition) is 5. The van der Waals surface area contributed by atoms with Crippen molar-refractivity contribution in [3.8, 4) is 5.75 Å². The SMILES string of the molecule is O=C(NCC(O)c1ccsc1)c1occc1COc1ccccc1. The van der Waals surface area contributed by atoms with Crippen molar-refractivity contribution in [2.75, 3.05) is 6.54 Å². The molecular formula is C18H17NO4S. The molecule has 24 heavy (non-hydrogen) atoms. The maximum Gasteiger partial charge on any atom is 0.287 e. The maximum absolute atomic E-state index is 12.2. The molecule has 5 nitrogen and oxygen atoms in total. The van der Waals surface area contributed by atoms with E-state index >= 15 is 0 Å². The Kier molecular flexibility index (Phi) is 5.30. The number of aliphatic hydroxyl groups excluding tert-OH is 1. The van der Waals surface area contributed by atoms with Gasteiger partial charge in [-0.15, -0.1) is 0 Å². The third-order valence-electron chi connectivity index (χ3n) is 3.47. The standard InChI is InChI=1S/C18H17NO4S/c20-16(14-7-9-24-12-14)10-19-18(21)17-13(6-8-22-17)11-23-15-4-2-1-3-5-15/h1-9,12,16,20H,10-11H2,(H,19,21). The van der Waals surface area contributed by atoms with Crippen molar-refractivity contribution in [1.82, 2.24) is 5.32 Å². The molecule has 3 rings (SSSR count). The fraction of sp³-hybridized carbons (Fsp3) is 0.167. The van der Waals surface area contributed by atoms with Gasteiger partial charge in [-0.25, -0.2) is 0 Å². The summed E-state index contributed by atoms with van der Waals surface area (Å²) in [7, 11) is 0. The van der Waals surface area contributed by atoms with E-state index < -0.39 is 6.10 Å². The molecule has 0 radical (unpaired) electrons. The number of benzene rings is 1. The Morgan fingerprint density at radius 2 is 2.08 bits per heavy atom. The monoisotopic (exact) mass is 343 g/mol. The summed E-state index contributed by atoms with van der Waals surface area (Å²) in [5, 5.41) is 16.4. The summed E-state index contributed by atoms with van der Waals surface area (Å²) in [6.45, 7) is 0.353. The Bertz CT molecular complexity index is 767. The molecule has 2 N–H and O–H groups in total. The van der Waals surface area contributed by atoms with Gasteiger partial charge in [0.1, 0.15) is 12.4 Å². The van der Waals surface area contributed by atoms with Gasteiger partial charge in [0.15, 0.2) is 5.76 Å². The molecule has 0 aliphatic rings. The molecule has 1 aromatic carbocycles. The number of rotatable bonds is 7. The van der Waals surface area contributed by atoms with E-state index in [0.29, 0.717) is 5.56 Å². The van der Waals surface area contributed by atoms with Gasteiger partial charge in [0.05, 0.1) is 12.4 Å². The van der Waals surface area contributed by atoms with Crippen LogP contribution in [0.1, 0.15) is 27.8 Å². The zero-order valence-corrected chi connectivity index (χ0v) is 13.7. The Morgan fingerprint density at radius 1 is 1.25 bits per heavy atom. The van der Waals surface area contributed by atoms with Crippen molar-refractivity contribution in [3.05, 3.63) is 76.4 Å². The van der Waals surface area contributed by atoms with Gasteiger partial charge in [-0.05, 0) is 40.6 Å². The van der Waals surface area contributed by atoms with Crippen molar-refractivity contribution >= 4 is 17.2 Å². The van der Waals surface area contributed by atoms with Crippen LogP contribution in [0.2, 0.25) is 0 Å². The van der Waals surface area contributed by atoms with Gasteiger partial charge in [0, 0.05) is 12.1 Å². The predicted molar refractivity (Wildman–Crippen MR) is 91.1 cm³/mol. The number of thiophene rings is 1. The molecule has 0 fully saturated rings. The van der Waals surface area contributed by atoms with Crippen molar-refractivity contribution < 1.29 is 19.1 Å². The van der Waals surface area contributed by atoms with Gasteiger partial charge in [0.2, 0.25) is 0 Å². The van der Waals surface area contributed by atoms with E-state index in [-0.39, 0.29) is 24.8 Å². The van der Waals surface area contributed by atoms with Crippen LogP contribution in [0, 0.1) is 0 Å². The van der Waals surface area contributed by atoms with Crippen LogP contribution in [0.5, 0.6) is 5.75 Å². The van der Waals surface area contributed by atoms with Crippen LogP contribution in [0.15, 0.2) is 63.9 Å². The lowest BCUT2D eigenvalue weighted by Gasteiger charge is -2.10. The molecule has 1 atom stereocenters. The molecule has 0 aliphatic carbocycles. The predicted octanol–water partition coefficient (Wildman–Crippen LogP) is 3.38. The fourth-order valence-corrected chi connectivity index (χ4v) is 2.89. The molecule has 0 saturated carbocycles. The number of para-hydroxylation sites is 1. The van der Waals surface area contributed by atoms with Gasteiger partial charge in [-0.3, -0.25) is 4.79 Å². The largest absolute Gasteiger partial charge is 0.489 e. The number of nitrogens with one attached hydrogen (secondary N) is 1. The fourth-order valence-electron chi connectivity index (χ4n) is 2.18. The molecule has 6 heteroatoms. The molecule has 0 aliphatic heterocycles. The second-order valence-corrected chi connectivity index (χ2v) is 5.94. The first kappa shape index (κ1) is 16.3. The van der Waals surface area contributed by atoms with Gasteiger partial charge in [0.25, 0.3) is 5.91 Å². The Morgan fingerprint density at radius 3 is 2.83 bits per heavy atom. The topological polar surface area (TPSA) is 71.7 Å². The highest BCUT2D eigenvalue weighted by Crippen LogP contribution is 2.17. The lowest BCUT2D eigenvalue weighted by Crippen LogP contribution is -2.28. The van der Waals surface area contributed by atoms with Crippen LogP contribution in [0.3, 0.4) is 0 Å². The number of amides is 1. The minimum atomic E-state index is -0.737. The summed E-state index contributed by atoms with van der Waals surface area (Å²) in [5.41, 5.74) is 1.44. The molecule has 2 aromatic heterocycles. The van der Waals surface area contributed by atoms with Crippen LogP contribution in [0.25, 0.3) is 0 Å². The average molecular weight is 343 g/mol. The molecular weight excluding hydrogens is 326 g/mol. The minimum Gasteiger partial charge on any atom is -0.489 e. The van der Waals surface area contributed by atoms with Crippen LogP contribution >= 0.6 is 11.3 Å². The Balaban J connectivity index is 1.56. The molecule has 2 heterocycles. The Hall–Kier alpha value is -2.57. The number of aliphatic hydroxyl groups is 1. The molecule has 3 aromatic rings. The van der Waals surface area contributed by atoms with Crippen molar-refractivity contribution in [2.24, 2.45) is 0 Å². The first-order valence-corrected chi connectivity index (χ1v) is 8.41. The van der Waals surface area contributed by atoms with E-state index in [1.54, 1.807) is 6.07 Å². The number of carbonyl (C=O) groups excluding carboxylic acids is 1. The van der Waals surface area contributed by atoms with Crippen LogP contribution in [0.4, 0.5) is 0 Å². The summed E-state index contributed by atoms with van der Waals surface area (Å²) in [5.74, 6) is 0.544. The summed E-state index contributed by atoms with van der Waals surface area (Å²) >= 11 is 1.50. The number of furan rings is 1. The smallest absolute Gasteiger partial charge is 0.287 e. The Labute approximate surface area is 143 Å². The van der Waals surface area contributed by atoms with E-state index in [1.165, 1.54) is 17.6 Å². The summed E-state index contributed by atoms with van der Waals surface area (Å²) in [4.78, 5) is 12.2. The first-order chi connectivity index (χ1) is 11.7. The van der Waals surface area contributed by atoms with Crippen LogP contribution < -0.4 is 10.1 Å².